The molecule has 2 heterocycles. The van der Waals surface area contributed by atoms with Gasteiger partial charge in [-0.1, -0.05) is 30.3 Å². The van der Waals surface area contributed by atoms with E-state index >= 15 is 0 Å². The molecule has 0 saturated heterocycles. The van der Waals surface area contributed by atoms with Gasteiger partial charge in [0.1, 0.15) is 0 Å². The molecule has 0 spiro atoms. The number of rotatable bonds is 4. The number of hydrogen-bond donors (Lipinski definition) is 2. The van der Waals surface area contributed by atoms with Crippen LogP contribution in [0.1, 0.15) is 24.0 Å². The Morgan fingerprint density at radius 3 is 2.77 bits per heavy atom. The van der Waals surface area contributed by atoms with Crippen LogP contribution < -0.4 is 11.1 Å². The lowest BCUT2D eigenvalue weighted by molar-refractivity contribution is 0.731. The van der Waals surface area contributed by atoms with E-state index in [4.69, 9.17) is 5.73 Å². The predicted octanol–water partition coefficient (Wildman–Crippen LogP) is 2.76. The molecular formula is C17H19N5. The number of nitrogens with two attached hydrogens (primary N) is 1. The lowest BCUT2D eigenvalue weighted by atomic mass is 9.96. The molecule has 1 saturated carbocycles. The van der Waals surface area contributed by atoms with Crippen LogP contribution in [0.15, 0.2) is 42.6 Å². The molecule has 5 heteroatoms. The Hall–Kier alpha value is -2.56. The van der Waals surface area contributed by atoms with Gasteiger partial charge in [0.25, 0.3) is 0 Å². The molecule has 1 aromatic carbocycles. The van der Waals surface area contributed by atoms with E-state index in [2.05, 4.69) is 51.8 Å². The number of pyridine rings is 1. The van der Waals surface area contributed by atoms with Crippen LogP contribution in [-0.2, 0) is 5.41 Å². The van der Waals surface area contributed by atoms with E-state index in [9.17, 15) is 0 Å². The maximum atomic E-state index is 5.68. The number of aryl methyl sites for hydroxylation is 1. The normalized spacial score (nSPS) is 15.9. The van der Waals surface area contributed by atoms with Crippen molar-refractivity contribution < 1.29 is 0 Å². The second-order valence-corrected chi connectivity index (χ2v) is 6.15. The van der Waals surface area contributed by atoms with Gasteiger partial charge in [-0.25, -0.2) is 4.52 Å². The second-order valence-electron chi connectivity index (χ2n) is 6.15. The average Bonchev–Trinajstić information content (AvgIpc) is 3.22. The van der Waals surface area contributed by atoms with Gasteiger partial charge in [0, 0.05) is 12.0 Å². The zero-order chi connectivity index (χ0) is 15.2. The van der Waals surface area contributed by atoms with Crippen LogP contribution in [0, 0.1) is 6.92 Å². The van der Waals surface area contributed by atoms with Crippen molar-refractivity contribution in [2.24, 2.45) is 0 Å². The van der Waals surface area contributed by atoms with Crippen LogP contribution in [0.4, 0.5) is 11.6 Å². The number of anilines is 2. The van der Waals surface area contributed by atoms with Gasteiger partial charge >= 0.3 is 0 Å². The van der Waals surface area contributed by atoms with E-state index in [1.54, 1.807) is 4.52 Å². The van der Waals surface area contributed by atoms with E-state index in [0.29, 0.717) is 5.95 Å². The van der Waals surface area contributed by atoms with E-state index in [-0.39, 0.29) is 5.41 Å². The monoisotopic (exact) mass is 293 g/mol. The van der Waals surface area contributed by atoms with Crippen molar-refractivity contribution in [3.63, 3.8) is 0 Å². The van der Waals surface area contributed by atoms with Gasteiger partial charge in [0.2, 0.25) is 5.95 Å². The fourth-order valence-electron chi connectivity index (χ4n) is 3.04. The zero-order valence-corrected chi connectivity index (χ0v) is 12.6. The lowest BCUT2D eigenvalue weighted by Crippen LogP contribution is -2.19. The third-order valence-electron chi connectivity index (χ3n) is 4.50. The molecule has 22 heavy (non-hydrogen) atoms. The van der Waals surface area contributed by atoms with Crippen molar-refractivity contribution in [2.45, 2.75) is 25.2 Å². The van der Waals surface area contributed by atoms with Crippen LogP contribution in [0.2, 0.25) is 0 Å². The molecule has 2 aromatic heterocycles. The molecule has 5 nitrogen and oxygen atoms in total. The first-order valence-electron chi connectivity index (χ1n) is 7.58. The Bertz CT molecular complexity index is 818. The minimum Gasteiger partial charge on any atom is -0.383 e. The van der Waals surface area contributed by atoms with E-state index in [0.717, 1.165) is 23.4 Å². The molecular weight excluding hydrogens is 274 g/mol. The fraction of sp³-hybridized carbons (Fsp3) is 0.294. The van der Waals surface area contributed by atoms with Gasteiger partial charge in [-0.2, -0.15) is 4.98 Å². The number of fused-ring (bicyclic) bond motifs is 1. The first-order valence-corrected chi connectivity index (χ1v) is 7.58. The Morgan fingerprint density at radius 1 is 1.27 bits per heavy atom. The number of hydrogen-bond acceptors (Lipinski definition) is 4. The number of aromatic nitrogens is 3. The molecule has 0 unspecified atom stereocenters. The molecule has 4 rings (SSSR count). The minimum atomic E-state index is 0.283. The van der Waals surface area contributed by atoms with Crippen molar-refractivity contribution in [3.05, 3.63) is 53.7 Å². The molecule has 1 aliphatic rings. The summed E-state index contributed by atoms with van der Waals surface area (Å²) in [4.78, 5) is 4.22. The van der Waals surface area contributed by atoms with Crippen molar-refractivity contribution >= 4 is 17.3 Å². The molecule has 1 fully saturated rings. The third kappa shape index (κ3) is 2.19. The molecule has 0 amide bonds. The summed E-state index contributed by atoms with van der Waals surface area (Å²) in [7, 11) is 0. The summed E-state index contributed by atoms with van der Waals surface area (Å²) in [5.41, 5.74) is 10.3. The highest BCUT2D eigenvalue weighted by Crippen LogP contribution is 2.48. The van der Waals surface area contributed by atoms with Gasteiger partial charge in [0.15, 0.2) is 5.65 Å². The molecule has 112 valence electrons. The molecule has 3 N–H and O–H groups in total. The fourth-order valence-corrected chi connectivity index (χ4v) is 3.04. The Labute approximate surface area is 129 Å². The maximum Gasteiger partial charge on any atom is 0.240 e. The van der Waals surface area contributed by atoms with Gasteiger partial charge in [-0.05, 0) is 37.0 Å². The number of nitrogens with one attached hydrogen (secondary N) is 1. The summed E-state index contributed by atoms with van der Waals surface area (Å²) < 4.78 is 1.75. The largest absolute Gasteiger partial charge is 0.383 e. The number of nitrogen functional groups attached to an aromatic ring is 1. The number of nitrogens with zero attached hydrogens (tertiary/aromatic N) is 3. The summed E-state index contributed by atoms with van der Waals surface area (Å²) in [6.07, 6.45) is 4.43. The van der Waals surface area contributed by atoms with Crippen molar-refractivity contribution in [3.8, 4) is 0 Å². The summed E-state index contributed by atoms with van der Waals surface area (Å²) >= 11 is 0. The summed E-state index contributed by atoms with van der Waals surface area (Å²) in [6, 6.07) is 12.8. The van der Waals surface area contributed by atoms with E-state index in [1.165, 1.54) is 18.4 Å². The summed E-state index contributed by atoms with van der Waals surface area (Å²) in [6.45, 7) is 2.96. The van der Waals surface area contributed by atoms with Crippen LogP contribution in [0.5, 0.6) is 0 Å². The topological polar surface area (TPSA) is 68.2 Å². The van der Waals surface area contributed by atoms with Gasteiger partial charge in [0.05, 0.1) is 11.9 Å². The molecule has 0 radical (unpaired) electrons. The minimum absolute atomic E-state index is 0.283. The van der Waals surface area contributed by atoms with Crippen molar-refractivity contribution in [1.29, 1.82) is 0 Å². The van der Waals surface area contributed by atoms with Crippen LogP contribution in [0.25, 0.3) is 5.65 Å². The molecule has 1 aliphatic carbocycles. The van der Waals surface area contributed by atoms with Crippen LogP contribution in [-0.4, -0.2) is 21.1 Å². The van der Waals surface area contributed by atoms with Gasteiger partial charge < -0.3 is 11.1 Å². The van der Waals surface area contributed by atoms with Crippen LogP contribution >= 0.6 is 0 Å². The molecule has 0 atom stereocenters. The predicted molar refractivity (Wildman–Crippen MR) is 88.0 cm³/mol. The summed E-state index contributed by atoms with van der Waals surface area (Å²) in [5.74, 6) is 0.309. The highest BCUT2D eigenvalue weighted by atomic mass is 15.3. The highest BCUT2D eigenvalue weighted by molar-refractivity contribution is 5.57. The highest BCUT2D eigenvalue weighted by Gasteiger charge is 2.43. The molecule has 0 bridgehead atoms. The molecule has 3 aromatic rings. The first kappa shape index (κ1) is 13.1. The number of benzene rings is 1. The summed E-state index contributed by atoms with van der Waals surface area (Å²) in [5, 5.41) is 7.75. The van der Waals surface area contributed by atoms with E-state index < -0.39 is 0 Å². The lowest BCUT2D eigenvalue weighted by Gasteiger charge is -2.17. The Kier molecular flexibility index (Phi) is 2.82. The maximum absolute atomic E-state index is 5.68. The average molecular weight is 293 g/mol. The zero-order valence-electron chi connectivity index (χ0n) is 12.6. The van der Waals surface area contributed by atoms with E-state index in [1.807, 2.05) is 13.1 Å². The standard InChI is InChI=1S/C17H19N5/c1-12-9-14(10-22-15(12)20-16(18)21-22)19-11-17(7-8-17)13-5-3-2-4-6-13/h2-6,9-10,19H,7-8,11H2,1H3,(H2,18,21). The van der Waals surface area contributed by atoms with Crippen molar-refractivity contribution in [2.75, 3.05) is 17.6 Å². The van der Waals surface area contributed by atoms with Crippen LogP contribution in [0.3, 0.4) is 0 Å². The Morgan fingerprint density at radius 2 is 2.05 bits per heavy atom. The third-order valence-corrected chi connectivity index (χ3v) is 4.50. The Balaban J connectivity index is 1.57. The SMILES string of the molecule is Cc1cc(NCC2(c3ccccc3)CC2)cn2nc(N)nc12. The van der Waals surface area contributed by atoms with Crippen molar-refractivity contribution in [1.82, 2.24) is 14.6 Å². The van der Waals surface area contributed by atoms with Gasteiger partial charge in [-0.15, -0.1) is 5.10 Å². The smallest absolute Gasteiger partial charge is 0.240 e. The first-order chi connectivity index (χ1) is 10.7. The molecule has 0 aliphatic heterocycles. The quantitative estimate of drug-likeness (QED) is 0.776. The van der Waals surface area contributed by atoms with Gasteiger partial charge in [-0.3, -0.25) is 0 Å². The second kappa shape index (κ2) is 4.73.